The maximum absolute atomic E-state index is 2.61. The van der Waals surface area contributed by atoms with Crippen molar-refractivity contribution < 1.29 is 0 Å². The average molecular weight is 683 g/mol. The van der Waals surface area contributed by atoms with E-state index in [0.717, 1.165) is 17.8 Å². The number of para-hydroxylation sites is 2. The Morgan fingerprint density at radius 2 is 1.19 bits per heavy atom. The van der Waals surface area contributed by atoms with Gasteiger partial charge in [0.15, 0.2) is 0 Å². The van der Waals surface area contributed by atoms with Crippen LogP contribution in [0.3, 0.4) is 0 Å². The SMILES string of the molecule is c1ccc(-n2c3ccccc3c3cc(N(c4cccc5c4-c4ccccc4C54C5CCC6CC(C5)C[C@H]4C6)c4cccc5ccccc45)ccc32)cc1. The lowest BCUT2D eigenvalue weighted by Gasteiger charge is -2.53. The largest absolute Gasteiger partial charge is 0.309 e. The van der Waals surface area contributed by atoms with E-state index in [4.69, 9.17) is 0 Å². The van der Waals surface area contributed by atoms with Crippen molar-refractivity contribution in [1.82, 2.24) is 4.57 Å². The minimum Gasteiger partial charge on any atom is -0.309 e. The van der Waals surface area contributed by atoms with Gasteiger partial charge in [0.2, 0.25) is 0 Å². The highest BCUT2D eigenvalue weighted by Crippen LogP contribution is 2.69. The molecule has 7 aromatic carbocycles. The Labute approximate surface area is 311 Å². The van der Waals surface area contributed by atoms with E-state index >= 15 is 0 Å². The summed E-state index contributed by atoms with van der Waals surface area (Å²) in [5, 5.41) is 5.08. The highest BCUT2D eigenvalue weighted by Gasteiger charge is 2.60. The molecule has 4 saturated carbocycles. The second kappa shape index (κ2) is 11.2. The molecule has 5 atom stereocenters. The molecule has 256 valence electrons. The van der Waals surface area contributed by atoms with Gasteiger partial charge in [-0.15, -0.1) is 0 Å². The van der Waals surface area contributed by atoms with Crippen LogP contribution in [0, 0.1) is 23.7 Å². The van der Waals surface area contributed by atoms with Gasteiger partial charge in [-0.05, 0) is 126 Å². The summed E-state index contributed by atoms with van der Waals surface area (Å²) in [5.74, 6) is 3.24. The molecule has 0 N–H and O–H groups in total. The fraction of sp³-hybridized carbons (Fsp3) is 0.216. The molecule has 5 aliphatic carbocycles. The second-order valence-corrected chi connectivity index (χ2v) is 16.5. The van der Waals surface area contributed by atoms with E-state index in [1.807, 2.05) is 0 Å². The van der Waals surface area contributed by atoms with E-state index in [0.29, 0.717) is 5.92 Å². The predicted molar refractivity (Wildman–Crippen MR) is 221 cm³/mol. The molecule has 0 radical (unpaired) electrons. The Balaban J connectivity index is 1.15. The molecule has 2 heteroatoms. The van der Waals surface area contributed by atoms with Crippen LogP contribution in [-0.4, -0.2) is 4.57 Å². The van der Waals surface area contributed by atoms with Gasteiger partial charge in [0, 0.05) is 38.5 Å². The lowest BCUT2D eigenvalue weighted by Crippen LogP contribution is -2.48. The lowest BCUT2D eigenvalue weighted by molar-refractivity contribution is 0.0618. The number of anilines is 3. The zero-order valence-electron chi connectivity index (χ0n) is 30.0. The molecule has 1 heterocycles. The second-order valence-electron chi connectivity index (χ2n) is 16.5. The van der Waals surface area contributed by atoms with Gasteiger partial charge < -0.3 is 9.47 Å². The van der Waals surface area contributed by atoms with E-state index in [1.165, 1.54) is 105 Å². The first-order chi connectivity index (χ1) is 26.3. The summed E-state index contributed by atoms with van der Waals surface area (Å²) in [6.07, 6.45) is 8.41. The van der Waals surface area contributed by atoms with Crippen LogP contribution in [0.2, 0.25) is 0 Å². The quantitative estimate of drug-likeness (QED) is 0.179. The zero-order chi connectivity index (χ0) is 34.7. The third-order valence-electron chi connectivity index (χ3n) is 14.0. The average Bonchev–Trinajstić information content (AvgIpc) is 3.61. The summed E-state index contributed by atoms with van der Waals surface area (Å²) < 4.78 is 2.42. The van der Waals surface area contributed by atoms with Crippen molar-refractivity contribution >= 4 is 49.6 Å². The number of fused-ring (bicyclic) bond motifs is 8. The van der Waals surface area contributed by atoms with E-state index < -0.39 is 0 Å². The molecule has 0 aliphatic heterocycles. The summed E-state index contributed by atoms with van der Waals surface area (Å²) in [7, 11) is 0. The van der Waals surface area contributed by atoms with Gasteiger partial charge in [-0.1, -0.05) is 116 Å². The summed E-state index contributed by atoms with van der Waals surface area (Å²) in [4.78, 5) is 2.61. The molecule has 0 amide bonds. The monoisotopic (exact) mass is 682 g/mol. The molecule has 4 bridgehead atoms. The van der Waals surface area contributed by atoms with Crippen molar-refractivity contribution in [2.75, 3.05) is 4.90 Å². The van der Waals surface area contributed by atoms with Crippen LogP contribution in [0.4, 0.5) is 17.1 Å². The number of nitrogens with zero attached hydrogens (tertiary/aromatic N) is 2. The molecule has 8 aromatic rings. The Morgan fingerprint density at radius 1 is 0.491 bits per heavy atom. The summed E-state index contributed by atoms with van der Waals surface area (Å²) in [6.45, 7) is 0. The van der Waals surface area contributed by atoms with Crippen LogP contribution in [0.5, 0.6) is 0 Å². The smallest absolute Gasteiger partial charge is 0.0543 e. The van der Waals surface area contributed by atoms with Crippen molar-refractivity contribution in [1.29, 1.82) is 0 Å². The van der Waals surface area contributed by atoms with Gasteiger partial charge in [-0.3, -0.25) is 0 Å². The molecule has 0 saturated heterocycles. The van der Waals surface area contributed by atoms with Gasteiger partial charge in [0.1, 0.15) is 0 Å². The van der Waals surface area contributed by atoms with Crippen LogP contribution in [0.15, 0.2) is 158 Å². The Hall–Kier alpha value is -5.60. The van der Waals surface area contributed by atoms with Crippen molar-refractivity contribution in [2.45, 2.75) is 43.9 Å². The molecule has 13 rings (SSSR count). The highest BCUT2D eigenvalue weighted by atomic mass is 15.1. The van der Waals surface area contributed by atoms with Crippen molar-refractivity contribution in [2.24, 2.45) is 23.7 Å². The Morgan fingerprint density at radius 3 is 2.13 bits per heavy atom. The molecule has 53 heavy (non-hydrogen) atoms. The van der Waals surface area contributed by atoms with E-state index in [2.05, 4.69) is 167 Å². The molecule has 1 aromatic heterocycles. The third kappa shape index (κ3) is 4.10. The van der Waals surface area contributed by atoms with Gasteiger partial charge in [-0.25, -0.2) is 0 Å². The van der Waals surface area contributed by atoms with Gasteiger partial charge in [0.25, 0.3) is 0 Å². The predicted octanol–water partition coefficient (Wildman–Crippen LogP) is 13.5. The first kappa shape index (κ1) is 29.9. The molecule has 4 unspecified atom stereocenters. The van der Waals surface area contributed by atoms with Gasteiger partial charge in [0.05, 0.1) is 22.4 Å². The molecular weight excluding hydrogens is 641 g/mol. The number of benzene rings is 7. The Kier molecular flexibility index (Phi) is 6.32. The molecule has 2 nitrogen and oxygen atoms in total. The van der Waals surface area contributed by atoms with Crippen LogP contribution in [0.25, 0.3) is 49.4 Å². The van der Waals surface area contributed by atoms with Gasteiger partial charge in [-0.2, -0.15) is 0 Å². The zero-order valence-corrected chi connectivity index (χ0v) is 30.0. The van der Waals surface area contributed by atoms with Crippen LogP contribution >= 0.6 is 0 Å². The van der Waals surface area contributed by atoms with E-state index in [9.17, 15) is 0 Å². The minimum atomic E-state index is 0.102. The number of rotatable bonds is 4. The number of hydrogen-bond donors (Lipinski definition) is 0. The van der Waals surface area contributed by atoms with E-state index in [-0.39, 0.29) is 5.41 Å². The van der Waals surface area contributed by atoms with Crippen molar-refractivity contribution in [3.8, 4) is 16.8 Å². The maximum atomic E-state index is 2.61. The minimum absolute atomic E-state index is 0.102. The maximum Gasteiger partial charge on any atom is 0.0543 e. The van der Waals surface area contributed by atoms with Crippen molar-refractivity contribution in [3.63, 3.8) is 0 Å². The Bertz CT molecular complexity index is 2720. The van der Waals surface area contributed by atoms with Crippen LogP contribution in [0.1, 0.15) is 49.7 Å². The lowest BCUT2D eigenvalue weighted by atomic mass is 9.51. The summed E-state index contributed by atoms with van der Waals surface area (Å²) in [6, 6.07) is 59.6. The molecule has 5 aliphatic rings. The van der Waals surface area contributed by atoms with Crippen molar-refractivity contribution in [3.05, 3.63) is 169 Å². The molecule has 1 spiro atoms. The summed E-state index contributed by atoms with van der Waals surface area (Å²) in [5.41, 5.74) is 13.6. The molecule has 4 fully saturated rings. The van der Waals surface area contributed by atoms with E-state index in [1.54, 1.807) is 11.1 Å². The topological polar surface area (TPSA) is 8.17 Å². The first-order valence-corrected chi connectivity index (χ1v) is 19.9. The first-order valence-electron chi connectivity index (χ1n) is 19.9. The molecular formula is C51H42N2. The third-order valence-corrected chi connectivity index (χ3v) is 14.0. The fourth-order valence-electron chi connectivity index (χ4n) is 12.3. The normalized spacial score (nSPS) is 23.8. The summed E-state index contributed by atoms with van der Waals surface area (Å²) >= 11 is 0. The standard InChI is InChI=1S/C51H42N2/c1-2-14-38(15-3-1)52-47-21-9-7-17-41(47)43-32-39(26-27-48(43)52)53(46-22-10-13-35-12-4-5-16-40(35)46)49-23-11-20-45-50(49)42-18-6-8-19-44(42)51(45)36-25-24-33-28-34(30-36)31-37(51)29-33/h1-23,26-27,32-34,36-37H,24-25,28-31H2/t33?,34?,36?,37-,51?/m1/s1. The fourth-order valence-corrected chi connectivity index (χ4v) is 12.3. The van der Waals surface area contributed by atoms with Crippen LogP contribution < -0.4 is 4.90 Å². The number of hydrogen-bond acceptors (Lipinski definition) is 1. The number of aromatic nitrogens is 1. The van der Waals surface area contributed by atoms with Gasteiger partial charge >= 0.3 is 0 Å². The highest BCUT2D eigenvalue weighted by molar-refractivity contribution is 6.11. The van der Waals surface area contributed by atoms with Crippen LogP contribution in [-0.2, 0) is 5.41 Å².